The van der Waals surface area contributed by atoms with Crippen molar-refractivity contribution in [1.82, 2.24) is 9.80 Å². The molecule has 0 radical (unpaired) electrons. The summed E-state index contributed by atoms with van der Waals surface area (Å²) in [4.78, 5) is 43.5. The minimum Gasteiger partial charge on any atom is -0.495 e. The van der Waals surface area contributed by atoms with Crippen molar-refractivity contribution in [3.63, 3.8) is 0 Å². The molecular formula is C23H24ClN3O4. The van der Waals surface area contributed by atoms with E-state index in [1.54, 1.807) is 52.1 Å². The van der Waals surface area contributed by atoms with Crippen LogP contribution < -0.4 is 9.64 Å². The maximum Gasteiger partial charge on any atom is 0.253 e. The van der Waals surface area contributed by atoms with Crippen molar-refractivity contribution in [3.05, 3.63) is 59.1 Å². The number of halogens is 1. The second kappa shape index (κ2) is 8.98. The molecule has 31 heavy (non-hydrogen) atoms. The Labute approximate surface area is 186 Å². The van der Waals surface area contributed by atoms with Gasteiger partial charge in [0.1, 0.15) is 5.75 Å². The topological polar surface area (TPSA) is 70.2 Å². The molecule has 1 atom stereocenters. The molecule has 0 aliphatic carbocycles. The number of piperazine rings is 1. The molecule has 2 heterocycles. The van der Waals surface area contributed by atoms with Gasteiger partial charge in [-0.1, -0.05) is 23.7 Å². The Kier molecular flexibility index (Phi) is 6.13. The third-order valence-electron chi connectivity index (χ3n) is 5.82. The van der Waals surface area contributed by atoms with Crippen LogP contribution in [0.5, 0.6) is 5.75 Å². The van der Waals surface area contributed by atoms with Crippen LogP contribution in [0.4, 0.5) is 5.69 Å². The van der Waals surface area contributed by atoms with Crippen LogP contribution in [-0.4, -0.2) is 67.4 Å². The largest absolute Gasteiger partial charge is 0.495 e. The highest BCUT2D eigenvalue weighted by molar-refractivity contribution is 6.30. The molecule has 2 fully saturated rings. The van der Waals surface area contributed by atoms with Crippen LogP contribution in [0.2, 0.25) is 5.02 Å². The zero-order valence-corrected chi connectivity index (χ0v) is 18.0. The maximum absolute atomic E-state index is 13.1. The monoisotopic (exact) mass is 441 g/mol. The van der Waals surface area contributed by atoms with Gasteiger partial charge >= 0.3 is 0 Å². The molecular weight excluding hydrogens is 418 g/mol. The third kappa shape index (κ3) is 4.37. The Balaban J connectivity index is 1.36. The lowest BCUT2D eigenvalue weighted by atomic mass is 10.1. The van der Waals surface area contributed by atoms with E-state index in [9.17, 15) is 14.4 Å². The number of para-hydroxylation sites is 2. The second-order valence-electron chi connectivity index (χ2n) is 7.70. The SMILES string of the molecule is COc1ccccc1N1CC(C(=O)N2CCN(C(=O)c3ccc(Cl)cc3)CC2)CC1=O. The molecule has 0 saturated carbocycles. The third-order valence-corrected chi connectivity index (χ3v) is 6.07. The fourth-order valence-corrected chi connectivity index (χ4v) is 4.25. The predicted octanol–water partition coefficient (Wildman–Crippen LogP) is 2.69. The lowest BCUT2D eigenvalue weighted by Gasteiger charge is -2.36. The number of benzene rings is 2. The normalized spacial score (nSPS) is 19.0. The molecule has 4 rings (SSSR count). The first-order chi connectivity index (χ1) is 15.0. The number of nitrogens with zero attached hydrogens (tertiary/aromatic N) is 3. The summed E-state index contributed by atoms with van der Waals surface area (Å²) in [6, 6.07) is 14.1. The van der Waals surface area contributed by atoms with Gasteiger partial charge < -0.3 is 19.4 Å². The lowest BCUT2D eigenvalue weighted by molar-refractivity contribution is -0.137. The van der Waals surface area contributed by atoms with E-state index >= 15 is 0 Å². The van der Waals surface area contributed by atoms with Gasteiger partial charge in [-0.2, -0.15) is 0 Å². The van der Waals surface area contributed by atoms with Gasteiger partial charge in [-0.05, 0) is 36.4 Å². The van der Waals surface area contributed by atoms with Crippen molar-refractivity contribution >= 4 is 35.0 Å². The number of carbonyl (C=O) groups excluding carboxylic acids is 3. The van der Waals surface area contributed by atoms with Crippen LogP contribution in [0.15, 0.2) is 48.5 Å². The molecule has 0 aromatic heterocycles. The number of rotatable bonds is 4. The Morgan fingerprint density at radius 1 is 0.968 bits per heavy atom. The van der Waals surface area contributed by atoms with Gasteiger partial charge in [-0.25, -0.2) is 0 Å². The molecule has 8 heteroatoms. The number of hydrogen-bond acceptors (Lipinski definition) is 4. The maximum atomic E-state index is 13.1. The number of carbonyl (C=O) groups is 3. The Hall–Kier alpha value is -3.06. The molecule has 0 bridgehead atoms. The van der Waals surface area contributed by atoms with Gasteiger partial charge in [0, 0.05) is 49.7 Å². The zero-order valence-electron chi connectivity index (χ0n) is 17.3. The van der Waals surface area contributed by atoms with Gasteiger partial charge in [0.15, 0.2) is 0 Å². The van der Waals surface area contributed by atoms with Crippen LogP contribution in [0, 0.1) is 5.92 Å². The van der Waals surface area contributed by atoms with Crippen molar-refractivity contribution in [3.8, 4) is 5.75 Å². The van der Waals surface area contributed by atoms with Gasteiger partial charge in [-0.15, -0.1) is 0 Å². The van der Waals surface area contributed by atoms with Crippen LogP contribution >= 0.6 is 11.6 Å². The molecule has 3 amide bonds. The molecule has 2 aliphatic rings. The van der Waals surface area contributed by atoms with E-state index in [4.69, 9.17) is 16.3 Å². The summed E-state index contributed by atoms with van der Waals surface area (Å²) in [7, 11) is 1.56. The Morgan fingerprint density at radius 2 is 1.61 bits per heavy atom. The van der Waals surface area contributed by atoms with Crippen molar-refractivity contribution in [2.75, 3.05) is 44.7 Å². The van der Waals surface area contributed by atoms with Crippen molar-refractivity contribution < 1.29 is 19.1 Å². The summed E-state index contributed by atoms with van der Waals surface area (Å²) in [5.74, 6) is 0.0279. The van der Waals surface area contributed by atoms with E-state index in [1.165, 1.54) is 0 Å². The van der Waals surface area contributed by atoms with Gasteiger partial charge in [0.2, 0.25) is 11.8 Å². The molecule has 162 valence electrons. The highest BCUT2D eigenvalue weighted by atomic mass is 35.5. The molecule has 2 aromatic carbocycles. The molecule has 2 aromatic rings. The number of amides is 3. The number of anilines is 1. The van der Waals surface area contributed by atoms with E-state index in [1.807, 2.05) is 18.2 Å². The van der Waals surface area contributed by atoms with Crippen molar-refractivity contribution in [2.24, 2.45) is 5.92 Å². The summed E-state index contributed by atoms with van der Waals surface area (Å²) >= 11 is 5.89. The van der Waals surface area contributed by atoms with E-state index < -0.39 is 5.92 Å². The molecule has 2 aliphatic heterocycles. The quantitative estimate of drug-likeness (QED) is 0.731. The highest BCUT2D eigenvalue weighted by Gasteiger charge is 2.39. The van der Waals surface area contributed by atoms with E-state index in [0.29, 0.717) is 54.7 Å². The van der Waals surface area contributed by atoms with E-state index in [-0.39, 0.29) is 24.1 Å². The number of methoxy groups -OCH3 is 1. The first kappa shape index (κ1) is 21.2. The minimum atomic E-state index is -0.393. The summed E-state index contributed by atoms with van der Waals surface area (Å²) in [5, 5.41) is 0.584. The Morgan fingerprint density at radius 3 is 2.29 bits per heavy atom. The lowest BCUT2D eigenvalue weighted by Crippen LogP contribution is -2.52. The molecule has 0 spiro atoms. The number of ether oxygens (including phenoxy) is 1. The zero-order chi connectivity index (χ0) is 22.0. The fraction of sp³-hybridized carbons (Fsp3) is 0.348. The molecule has 7 nitrogen and oxygen atoms in total. The minimum absolute atomic E-state index is 0.0376. The van der Waals surface area contributed by atoms with Crippen LogP contribution in [0.25, 0.3) is 0 Å². The number of hydrogen-bond donors (Lipinski definition) is 0. The summed E-state index contributed by atoms with van der Waals surface area (Å²) in [6.07, 6.45) is 0.181. The molecule has 2 saturated heterocycles. The van der Waals surface area contributed by atoms with Gasteiger partial charge in [-0.3, -0.25) is 14.4 Å². The molecule has 0 N–H and O–H groups in total. The van der Waals surface area contributed by atoms with Gasteiger partial charge in [0.05, 0.1) is 18.7 Å². The molecule has 1 unspecified atom stereocenters. The standard InChI is InChI=1S/C23H24ClN3O4/c1-31-20-5-3-2-4-19(20)27-15-17(14-21(27)28)23(30)26-12-10-25(11-13-26)22(29)16-6-8-18(24)9-7-16/h2-9,17H,10-15H2,1H3. The summed E-state index contributed by atoms with van der Waals surface area (Å²) < 4.78 is 5.36. The van der Waals surface area contributed by atoms with E-state index in [0.717, 1.165) is 0 Å². The van der Waals surface area contributed by atoms with E-state index in [2.05, 4.69) is 0 Å². The Bertz CT molecular complexity index is 987. The van der Waals surface area contributed by atoms with Gasteiger partial charge in [0.25, 0.3) is 5.91 Å². The first-order valence-corrected chi connectivity index (χ1v) is 10.6. The second-order valence-corrected chi connectivity index (χ2v) is 8.14. The van der Waals surface area contributed by atoms with Crippen LogP contribution in [0.1, 0.15) is 16.8 Å². The fourth-order valence-electron chi connectivity index (χ4n) is 4.12. The highest BCUT2D eigenvalue weighted by Crippen LogP contribution is 2.33. The summed E-state index contributed by atoms with van der Waals surface area (Å²) in [6.45, 7) is 2.17. The average Bonchev–Trinajstić information content (AvgIpc) is 3.20. The first-order valence-electron chi connectivity index (χ1n) is 10.2. The van der Waals surface area contributed by atoms with Crippen LogP contribution in [0.3, 0.4) is 0 Å². The smallest absolute Gasteiger partial charge is 0.253 e. The van der Waals surface area contributed by atoms with Crippen molar-refractivity contribution in [2.45, 2.75) is 6.42 Å². The van der Waals surface area contributed by atoms with Crippen molar-refractivity contribution in [1.29, 1.82) is 0 Å². The predicted molar refractivity (Wildman–Crippen MR) is 117 cm³/mol. The average molecular weight is 442 g/mol. The summed E-state index contributed by atoms with van der Waals surface area (Å²) in [5.41, 5.74) is 1.27. The van der Waals surface area contributed by atoms with Crippen LogP contribution in [-0.2, 0) is 9.59 Å².